The van der Waals surface area contributed by atoms with Crippen molar-refractivity contribution in [2.24, 2.45) is 0 Å². The molecule has 2 heterocycles. The van der Waals surface area contributed by atoms with Crippen molar-refractivity contribution in [2.75, 3.05) is 91.1 Å². The fraction of sp³-hybridized carbons (Fsp3) is 0.438. The van der Waals surface area contributed by atoms with Gasteiger partial charge < -0.3 is 46.7 Å². The zero-order valence-electron chi connectivity index (χ0n) is 60.2. The van der Waals surface area contributed by atoms with Gasteiger partial charge in [0.15, 0.2) is 0 Å². The molecule has 3 aliphatic carbocycles. The Hall–Kier alpha value is -2.33. The number of aliphatic hydroxyl groups excluding tert-OH is 2. The van der Waals surface area contributed by atoms with E-state index < -0.39 is 5.97 Å². The number of carbonyl (C=O) groups is 3. The molecule has 2 saturated heterocycles. The molecule has 0 aromatic heterocycles. The molecular formula is C80H104ClK2N3O9S4. The van der Waals surface area contributed by atoms with Crippen molar-refractivity contribution >= 4 is 89.9 Å². The topological polar surface area (TPSA) is 172 Å². The van der Waals surface area contributed by atoms with E-state index >= 15 is 0 Å². The van der Waals surface area contributed by atoms with Crippen LogP contribution in [-0.4, -0.2) is 145 Å². The van der Waals surface area contributed by atoms with Gasteiger partial charge in [-0.25, -0.2) is 0 Å². The summed E-state index contributed by atoms with van der Waals surface area (Å²) in [5.74, 6) is 2.19. The van der Waals surface area contributed by atoms with Gasteiger partial charge in [-0.3, -0.25) is 14.4 Å². The minimum absolute atomic E-state index is 0. The van der Waals surface area contributed by atoms with Gasteiger partial charge in [0.2, 0.25) is 0 Å². The molecule has 4 N–H and O–H groups in total. The number of unbranched alkanes of at least 4 members (excludes halogenated alkanes) is 2. The molecular weight excluding hydrogens is 1390 g/mol. The number of hydrogen-bond donors (Lipinski definition) is 4. The van der Waals surface area contributed by atoms with Gasteiger partial charge in [0.25, 0.3) is 6.47 Å². The smallest absolute Gasteiger partial charge is 1.00 e. The molecule has 6 aromatic carbocycles. The molecule has 5 aliphatic rings. The SMILES string of the molecule is CN(CCC=C1c2ccccc2CCc2ccccc21)CCOC(=O)CCCC[C@@H]1CCSS1.CN(CCO)CCC=C1c2ccccc2CCc2ccccc21.CNCCC=C1c2ccccc2CCc2ccccc21.O=C(O)CCCC[C@@H]1CCSS1.O=CO[O-].OCCCl.[H-].[K+].[K+]. The van der Waals surface area contributed by atoms with E-state index in [4.69, 9.17) is 41.7 Å². The second-order valence-electron chi connectivity index (χ2n) is 24.5. The van der Waals surface area contributed by atoms with Crippen molar-refractivity contribution in [3.05, 3.63) is 231 Å². The van der Waals surface area contributed by atoms with Crippen molar-refractivity contribution in [1.82, 2.24) is 15.1 Å². The summed E-state index contributed by atoms with van der Waals surface area (Å²) in [5.41, 5.74) is 21.1. The number of fused-ring (bicyclic) bond motifs is 6. The van der Waals surface area contributed by atoms with Crippen LogP contribution in [0.1, 0.15) is 152 Å². The van der Waals surface area contributed by atoms with Crippen LogP contribution in [0.2, 0.25) is 0 Å². The number of halogens is 1. The Balaban J connectivity index is 0.000000347. The predicted octanol–water partition coefficient (Wildman–Crippen LogP) is 9.71. The van der Waals surface area contributed by atoms with Crippen LogP contribution < -0.4 is 113 Å². The van der Waals surface area contributed by atoms with Gasteiger partial charge in [-0.1, -0.05) is 220 Å². The van der Waals surface area contributed by atoms with E-state index in [2.05, 4.69) is 198 Å². The van der Waals surface area contributed by atoms with E-state index in [1.165, 1.54) is 121 Å². The van der Waals surface area contributed by atoms with Crippen LogP contribution in [0, 0.1) is 0 Å². The summed E-state index contributed by atoms with van der Waals surface area (Å²) >= 11 is 4.94. The number of benzene rings is 6. The summed E-state index contributed by atoms with van der Waals surface area (Å²) in [4.78, 5) is 37.9. The zero-order valence-corrected chi connectivity index (χ0v) is 69.5. The van der Waals surface area contributed by atoms with Crippen molar-refractivity contribution in [3.63, 3.8) is 0 Å². The zero-order chi connectivity index (χ0) is 69.1. The third kappa shape index (κ3) is 33.3. The van der Waals surface area contributed by atoms with Gasteiger partial charge in [0.05, 0.1) is 13.2 Å². The minimum Gasteiger partial charge on any atom is -1.00 e. The van der Waals surface area contributed by atoms with Crippen molar-refractivity contribution in [3.8, 4) is 0 Å². The molecule has 11 rings (SSSR count). The summed E-state index contributed by atoms with van der Waals surface area (Å²) in [6.45, 7) is 5.05. The number of rotatable bonds is 26. The van der Waals surface area contributed by atoms with E-state index in [-0.39, 0.29) is 130 Å². The Labute approximate surface area is 699 Å². The summed E-state index contributed by atoms with van der Waals surface area (Å²) in [6, 6.07) is 52.9. The molecule has 2 aliphatic heterocycles. The molecule has 526 valence electrons. The van der Waals surface area contributed by atoms with Crippen molar-refractivity contribution in [2.45, 2.75) is 132 Å². The van der Waals surface area contributed by atoms with Crippen LogP contribution in [0.5, 0.6) is 0 Å². The minimum atomic E-state index is -0.663. The molecule has 2 fully saturated rings. The Kier molecular flexibility index (Phi) is 48.8. The molecule has 0 unspecified atom stereocenters. The Bertz CT molecular complexity index is 3220. The van der Waals surface area contributed by atoms with E-state index in [0.29, 0.717) is 25.3 Å². The summed E-state index contributed by atoms with van der Waals surface area (Å²) < 4.78 is 5.49. The Morgan fingerprint density at radius 2 is 0.879 bits per heavy atom. The average Bonchev–Trinajstić information content (AvgIpc) is 1.64. The molecule has 12 nitrogen and oxygen atoms in total. The molecule has 0 spiro atoms. The Morgan fingerprint density at radius 3 is 1.18 bits per heavy atom. The van der Waals surface area contributed by atoms with Crippen LogP contribution in [0.25, 0.3) is 16.7 Å². The number of aliphatic carboxylic acids is 1. The first-order chi connectivity index (χ1) is 47.5. The van der Waals surface area contributed by atoms with E-state index in [1.54, 1.807) is 0 Å². The number of aryl methyl sites for hydroxylation is 6. The first-order valence-electron chi connectivity index (χ1n) is 34.6. The fourth-order valence-corrected chi connectivity index (χ4v) is 18.4. The normalized spacial score (nSPS) is 15.0. The molecule has 0 saturated carbocycles. The molecule has 0 amide bonds. The van der Waals surface area contributed by atoms with Gasteiger partial charge in [0, 0.05) is 66.9 Å². The fourth-order valence-electron chi connectivity index (χ4n) is 12.3. The number of alkyl halides is 1. The second-order valence-corrected chi connectivity index (χ2v) is 30.4. The van der Waals surface area contributed by atoms with E-state index in [9.17, 15) is 9.59 Å². The number of nitrogens with zero attached hydrogens (tertiary/aromatic N) is 2. The number of nitrogens with one attached hydrogen (secondary N) is 1. The predicted molar refractivity (Wildman–Crippen MR) is 410 cm³/mol. The number of ether oxygens (including phenoxy) is 1. The van der Waals surface area contributed by atoms with Crippen LogP contribution in [0.3, 0.4) is 0 Å². The summed E-state index contributed by atoms with van der Waals surface area (Å²) in [5, 5.41) is 38.4. The van der Waals surface area contributed by atoms with Crippen LogP contribution >= 0.6 is 54.8 Å². The third-order valence-corrected chi connectivity index (χ3v) is 23.6. The molecule has 0 bridgehead atoms. The number of carbonyl (C=O) groups excluding carboxylic acids is 2. The average molecular weight is 1490 g/mol. The van der Waals surface area contributed by atoms with Crippen LogP contribution in [-0.2, 0) is 62.5 Å². The maximum atomic E-state index is 12.0. The van der Waals surface area contributed by atoms with Crippen LogP contribution in [0.15, 0.2) is 164 Å². The number of hydrogen-bond acceptors (Lipinski definition) is 15. The summed E-state index contributed by atoms with van der Waals surface area (Å²) in [7, 11) is 14.1. The number of likely N-dealkylation sites (N-methyl/N-ethyl adjacent to an activating group) is 2. The molecule has 19 heteroatoms. The first kappa shape index (κ1) is 89.1. The molecule has 0 radical (unpaired) electrons. The van der Waals surface area contributed by atoms with Crippen molar-refractivity contribution < 1.29 is 149 Å². The van der Waals surface area contributed by atoms with Crippen LogP contribution in [0.4, 0.5) is 0 Å². The molecule has 6 aromatic rings. The maximum absolute atomic E-state index is 12.0. The molecule has 2 atom stereocenters. The number of carboxylic acids is 1. The number of carboxylic acid groups (broad SMARTS) is 1. The summed E-state index contributed by atoms with van der Waals surface area (Å²) in [6.07, 6.45) is 26.8. The third-order valence-electron chi connectivity index (χ3n) is 17.4. The van der Waals surface area contributed by atoms with E-state index in [0.717, 1.165) is 127 Å². The largest absolute Gasteiger partial charge is 1.00 e. The maximum Gasteiger partial charge on any atom is 1.00 e. The standard InChI is InChI=1S/C29H37NO2S2.C21H25NO.C19H21N.C8H14O2S2.C2H5ClO.CH2O3.2K.H/c1-30(20-21-32-29(31)15-7-4-11-25-18-22-33-34-25)19-8-14-28-26-12-5-2-9-23(26)16-17-24-10-3-6-13-27(24)28;1-22(15-16-23)14-6-11-21-19-9-4-2-7-17(19)12-13-18-8-3-5-10-20(18)21;1-20-14-6-11-19-17-9-4-2-7-15(17)12-13-16-8-3-5-10-18(16)19;9-8(10)4-2-1-3-7-5-6-11-12-7;3-1-2-4;2-1-4-3;;;/h2-3,5-6,9-10,12-14,25H,4,7-8,11,15-22H2,1H3;2-5,7-11,23H,6,12-16H2,1H3;2-5,7-11,20H,6,12-14H2,1H3;7H,1-6H2,(H,9,10);4H,1-2H2;1,3H;;;/q;;;;;;2*+1;-1/p-1/t25-;;;7-;;;;;/m1..1...../s1. The van der Waals surface area contributed by atoms with Gasteiger partial charge >= 0.3 is 115 Å². The van der Waals surface area contributed by atoms with Gasteiger partial charge in [-0.15, -0.1) is 11.6 Å². The van der Waals surface area contributed by atoms with E-state index in [1.807, 2.05) is 50.2 Å². The molecule has 99 heavy (non-hydrogen) atoms. The number of esters is 1. The second kappa shape index (κ2) is 54.3. The monoisotopic (exact) mass is 1490 g/mol. The van der Waals surface area contributed by atoms with Gasteiger partial charge in [-0.2, -0.15) is 0 Å². The van der Waals surface area contributed by atoms with Crippen molar-refractivity contribution in [1.29, 1.82) is 0 Å². The van der Waals surface area contributed by atoms with Gasteiger partial charge in [-0.05, 0) is 207 Å². The first-order valence-corrected chi connectivity index (χ1v) is 39.9. The quantitative estimate of drug-likeness (QED) is 0.00591. The number of aliphatic hydroxyl groups is 2. The Morgan fingerprint density at radius 1 is 0.545 bits per heavy atom. The van der Waals surface area contributed by atoms with Gasteiger partial charge in [0.1, 0.15) is 6.61 Å².